The van der Waals surface area contributed by atoms with Crippen molar-refractivity contribution in [1.29, 1.82) is 0 Å². The molecule has 0 N–H and O–H groups in total. The zero-order valence-electron chi connectivity index (χ0n) is 11.5. The molecule has 0 aliphatic heterocycles. The molecular weight excluding hydrogens is 341 g/mol. The fourth-order valence-corrected chi connectivity index (χ4v) is 3.04. The number of nitrogens with zero attached hydrogens (tertiary/aromatic N) is 1. The fraction of sp³-hybridized carbons (Fsp3) is 0.333. The molecule has 2 nitrogen and oxygen atoms in total. The molecule has 106 valence electrons. The van der Waals surface area contributed by atoms with E-state index in [1.165, 1.54) is 23.5 Å². The minimum Gasteiger partial charge on any atom is -0.294 e. The Balaban J connectivity index is 2.17. The third-order valence-corrected chi connectivity index (χ3v) is 4.21. The van der Waals surface area contributed by atoms with E-state index in [4.69, 9.17) is 0 Å². The number of carbonyl (C=O) groups is 1. The van der Waals surface area contributed by atoms with Gasteiger partial charge in [0.1, 0.15) is 10.8 Å². The van der Waals surface area contributed by atoms with E-state index in [-0.39, 0.29) is 23.2 Å². The van der Waals surface area contributed by atoms with E-state index in [1.54, 1.807) is 6.07 Å². The van der Waals surface area contributed by atoms with Gasteiger partial charge in [-0.05, 0) is 18.2 Å². The number of hydrogen-bond acceptors (Lipinski definition) is 3. The monoisotopic (exact) mass is 355 g/mol. The van der Waals surface area contributed by atoms with Crippen LogP contribution in [0.1, 0.15) is 41.8 Å². The summed E-state index contributed by atoms with van der Waals surface area (Å²) in [6, 6.07) is 4.47. The Morgan fingerprint density at radius 2 is 2.10 bits per heavy atom. The van der Waals surface area contributed by atoms with E-state index in [0.717, 1.165) is 10.7 Å². The first kappa shape index (κ1) is 15.3. The molecule has 0 amide bonds. The predicted molar refractivity (Wildman–Crippen MR) is 82.9 cm³/mol. The topological polar surface area (TPSA) is 30.0 Å². The molecule has 0 aliphatic rings. The van der Waals surface area contributed by atoms with Crippen molar-refractivity contribution in [2.24, 2.45) is 0 Å². The van der Waals surface area contributed by atoms with Gasteiger partial charge in [-0.1, -0.05) is 36.7 Å². The number of thiazole rings is 1. The summed E-state index contributed by atoms with van der Waals surface area (Å²) in [6.45, 7) is 6.21. The SMILES string of the molecule is CC(C)(C)c1csc(CC(=O)c2ccc(Br)cc2F)n1. The second-order valence-electron chi connectivity index (χ2n) is 5.60. The molecule has 1 aromatic heterocycles. The Kier molecular flexibility index (Phi) is 4.39. The van der Waals surface area contributed by atoms with Crippen LogP contribution in [0.15, 0.2) is 28.1 Å². The van der Waals surface area contributed by atoms with Crippen molar-refractivity contribution in [2.75, 3.05) is 0 Å². The number of carbonyl (C=O) groups excluding carboxylic acids is 1. The van der Waals surface area contributed by atoms with Gasteiger partial charge >= 0.3 is 0 Å². The van der Waals surface area contributed by atoms with Crippen LogP contribution < -0.4 is 0 Å². The van der Waals surface area contributed by atoms with E-state index < -0.39 is 5.82 Å². The zero-order valence-corrected chi connectivity index (χ0v) is 13.9. The quantitative estimate of drug-likeness (QED) is 0.742. The molecule has 0 fully saturated rings. The standard InChI is InChI=1S/C15H15BrFNOS/c1-15(2,3)13-8-20-14(18-13)7-12(19)10-5-4-9(16)6-11(10)17/h4-6,8H,7H2,1-3H3. The number of rotatable bonds is 3. The number of halogens is 2. The summed E-state index contributed by atoms with van der Waals surface area (Å²) >= 11 is 4.62. The molecule has 0 saturated heterocycles. The van der Waals surface area contributed by atoms with E-state index >= 15 is 0 Å². The van der Waals surface area contributed by atoms with Crippen LogP contribution in [0, 0.1) is 5.82 Å². The average molecular weight is 356 g/mol. The Labute approximate surface area is 130 Å². The fourth-order valence-electron chi connectivity index (χ4n) is 1.68. The molecule has 1 heterocycles. The minimum absolute atomic E-state index is 0.0410. The first-order valence-electron chi connectivity index (χ1n) is 6.20. The number of benzene rings is 1. The molecule has 0 bridgehead atoms. The average Bonchev–Trinajstić information content (AvgIpc) is 2.76. The second kappa shape index (κ2) is 5.74. The van der Waals surface area contributed by atoms with Gasteiger partial charge in [0.2, 0.25) is 0 Å². The highest BCUT2D eigenvalue weighted by Gasteiger charge is 2.19. The highest BCUT2D eigenvalue weighted by atomic mass is 79.9. The van der Waals surface area contributed by atoms with Gasteiger partial charge in [0, 0.05) is 15.3 Å². The molecule has 1 aromatic carbocycles. The van der Waals surface area contributed by atoms with E-state index in [0.29, 0.717) is 4.47 Å². The first-order valence-corrected chi connectivity index (χ1v) is 7.88. The maximum Gasteiger partial charge on any atom is 0.172 e. The molecule has 5 heteroatoms. The largest absolute Gasteiger partial charge is 0.294 e. The van der Waals surface area contributed by atoms with Crippen LogP contribution in [-0.4, -0.2) is 10.8 Å². The van der Waals surface area contributed by atoms with Gasteiger partial charge in [0.25, 0.3) is 0 Å². The lowest BCUT2D eigenvalue weighted by molar-refractivity contribution is 0.0989. The minimum atomic E-state index is -0.503. The van der Waals surface area contributed by atoms with Crippen molar-refractivity contribution in [1.82, 2.24) is 4.98 Å². The highest BCUT2D eigenvalue weighted by molar-refractivity contribution is 9.10. The van der Waals surface area contributed by atoms with Crippen LogP contribution in [0.2, 0.25) is 0 Å². The summed E-state index contributed by atoms with van der Waals surface area (Å²) in [7, 11) is 0. The van der Waals surface area contributed by atoms with E-state index in [2.05, 4.69) is 41.7 Å². The summed E-state index contributed by atoms with van der Waals surface area (Å²) < 4.78 is 14.4. The van der Waals surface area contributed by atoms with Gasteiger partial charge in [-0.25, -0.2) is 9.37 Å². The molecule has 0 unspecified atom stereocenters. The number of aromatic nitrogens is 1. The number of ketones is 1. The zero-order chi connectivity index (χ0) is 14.9. The Hall–Kier alpha value is -1.07. The molecule has 0 aliphatic carbocycles. The normalized spacial score (nSPS) is 11.7. The summed E-state index contributed by atoms with van der Waals surface area (Å²) in [4.78, 5) is 16.6. The van der Waals surface area contributed by atoms with Crippen LogP contribution in [0.25, 0.3) is 0 Å². The maximum absolute atomic E-state index is 13.7. The van der Waals surface area contributed by atoms with Gasteiger partial charge in [0.15, 0.2) is 5.78 Å². The summed E-state index contributed by atoms with van der Waals surface area (Å²) in [5, 5.41) is 2.68. The Bertz CT molecular complexity index is 646. The van der Waals surface area contributed by atoms with E-state index in [9.17, 15) is 9.18 Å². The summed E-state index contributed by atoms with van der Waals surface area (Å²) in [5.74, 6) is -0.748. The van der Waals surface area contributed by atoms with Crippen molar-refractivity contribution >= 4 is 33.0 Å². The number of hydrogen-bond donors (Lipinski definition) is 0. The summed E-state index contributed by atoms with van der Waals surface area (Å²) in [5.41, 5.74) is 1.03. The molecule has 2 aromatic rings. The van der Waals surface area contributed by atoms with Crippen LogP contribution in [0.4, 0.5) is 4.39 Å². The summed E-state index contributed by atoms with van der Waals surface area (Å²) in [6.07, 6.45) is 0.138. The lowest BCUT2D eigenvalue weighted by atomic mass is 9.93. The highest BCUT2D eigenvalue weighted by Crippen LogP contribution is 2.25. The smallest absolute Gasteiger partial charge is 0.172 e. The van der Waals surface area contributed by atoms with Crippen molar-refractivity contribution in [3.8, 4) is 0 Å². The number of Topliss-reactive ketones (excluding diaryl/α,β-unsaturated/α-hetero) is 1. The van der Waals surface area contributed by atoms with Gasteiger partial charge in [-0.3, -0.25) is 4.79 Å². The van der Waals surface area contributed by atoms with Gasteiger partial charge < -0.3 is 0 Å². The van der Waals surface area contributed by atoms with Crippen LogP contribution in [0.5, 0.6) is 0 Å². The van der Waals surface area contributed by atoms with Crippen molar-refractivity contribution < 1.29 is 9.18 Å². The van der Waals surface area contributed by atoms with Crippen LogP contribution in [-0.2, 0) is 11.8 Å². The molecule has 2 rings (SSSR count). The van der Waals surface area contributed by atoms with E-state index in [1.807, 2.05) is 5.38 Å². The molecule has 0 atom stereocenters. The van der Waals surface area contributed by atoms with Gasteiger partial charge in [0.05, 0.1) is 17.7 Å². The maximum atomic E-state index is 13.7. The van der Waals surface area contributed by atoms with Crippen molar-refractivity contribution in [2.45, 2.75) is 32.6 Å². The van der Waals surface area contributed by atoms with Crippen molar-refractivity contribution in [3.05, 3.63) is 50.1 Å². The third kappa shape index (κ3) is 3.52. The second-order valence-corrected chi connectivity index (χ2v) is 7.46. The van der Waals surface area contributed by atoms with Gasteiger partial charge in [-0.2, -0.15) is 0 Å². The van der Waals surface area contributed by atoms with Crippen LogP contribution in [0.3, 0.4) is 0 Å². The molecule has 0 saturated carbocycles. The lowest BCUT2D eigenvalue weighted by Crippen LogP contribution is -2.12. The third-order valence-electron chi connectivity index (χ3n) is 2.86. The molecule has 0 radical (unpaired) electrons. The Morgan fingerprint density at radius 1 is 1.40 bits per heavy atom. The lowest BCUT2D eigenvalue weighted by Gasteiger charge is -2.14. The molecular formula is C15H15BrFNOS. The predicted octanol–water partition coefficient (Wildman–Crippen LogP) is 4.77. The van der Waals surface area contributed by atoms with Crippen molar-refractivity contribution in [3.63, 3.8) is 0 Å². The van der Waals surface area contributed by atoms with Crippen LogP contribution >= 0.6 is 27.3 Å². The Morgan fingerprint density at radius 3 is 2.65 bits per heavy atom. The first-order chi connectivity index (χ1) is 9.27. The van der Waals surface area contributed by atoms with Gasteiger partial charge in [-0.15, -0.1) is 11.3 Å². The molecule has 0 spiro atoms. The molecule has 20 heavy (non-hydrogen) atoms.